The molecule has 110 valence electrons. The van der Waals surface area contributed by atoms with Crippen molar-refractivity contribution in [3.8, 4) is 0 Å². The van der Waals surface area contributed by atoms with Crippen LogP contribution in [0.3, 0.4) is 0 Å². The molecular formula is C15H29N3O. The molecule has 2 aliphatic rings. The van der Waals surface area contributed by atoms with E-state index in [2.05, 4.69) is 22.0 Å². The minimum absolute atomic E-state index is 0.0580. The van der Waals surface area contributed by atoms with Crippen molar-refractivity contribution in [2.24, 2.45) is 0 Å². The lowest BCUT2D eigenvalue weighted by molar-refractivity contribution is -0.135. The van der Waals surface area contributed by atoms with Gasteiger partial charge in [0, 0.05) is 25.7 Å². The third-order valence-corrected chi connectivity index (χ3v) is 4.69. The fourth-order valence-electron chi connectivity index (χ4n) is 3.38. The summed E-state index contributed by atoms with van der Waals surface area (Å²) in [5.74, 6) is 0.306. The first-order chi connectivity index (χ1) is 9.22. The Labute approximate surface area is 117 Å². The second kappa shape index (κ2) is 7.25. The van der Waals surface area contributed by atoms with Crippen molar-refractivity contribution in [3.05, 3.63) is 0 Å². The van der Waals surface area contributed by atoms with Gasteiger partial charge >= 0.3 is 0 Å². The van der Waals surface area contributed by atoms with Gasteiger partial charge in [-0.25, -0.2) is 0 Å². The van der Waals surface area contributed by atoms with Crippen LogP contribution in [0.2, 0.25) is 0 Å². The maximum atomic E-state index is 12.2. The van der Waals surface area contributed by atoms with Crippen LogP contribution >= 0.6 is 0 Å². The van der Waals surface area contributed by atoms with Crippen LogP contribution in [0.4, 0.5) is 0 Å². The molecule has 0 aliphatic carbocycles. The molecule has 0 spiro atoms. The Hall–Kier alpha value is -0.610. The van der Waals surface area contributed by atoms with Gasteiger partial charge in [0.2, 0.25) is 5.91 Å². The molecular weight excluding hydrogens is 238 g/mol. The Bertz CT molecular complexity index is 295. The molecule has 0 radical (unpaired) electrons. The van der Waals surface area contributed by atoms with E-state index < -0.39 is 0 Å². The predicted octanol–water partition coefficient (Wildman–Crippen LogP) is 1.46. The normalized spacial score (nSPS) is 29.8. The number of amides is 1. The third kappa shape index (κ3) is 3.93. The Morgan fingerprint density at radius 3 is 2.74 bits per heavy atom. The lowest BCUT2D eigenvalue weighted by atomic mass is 10.0. The molecule has 0 bridgehead atoms. The van der Waals surface area contributed by atoms with Crippen LogP contribution in [0.5, 0.6) is 0 Å². The van der Waals surface area contributed by atoms with Crippen LogP contribution in [0, 0.1) is 0 Å². The van der Waals surface area contributed by atoms with E-state index in [0.717, 1.165) is 44.9 Å². The number of likely N-dealkylation sites (N-methyl/N-ethyl adjacent to an activating group) is 1. The van der Waals surface area contributed by atoms with Crippen molar-refractivity contribution in [2.45, 2.75) is 57.5 Å². The van der Waals surface area contributed by atoms with E-state index in [9.17, 15) is 4.79 Å². The number of carbonyl (C=O) groups is 1. The highest BCUT2D eigenvalue weighted by Crippen LogP contribution is 2.17. The molecule has 1 amide bonds. The maximum Gasteiger partial charge on any atom is 0.239 e. The molecule has 2 unspecified atom stereocenters. The quantitative estimate of drug-likeness (QED) is 0.819. The first-order valence-electron chi connectivity index (χ1n) is 7.92. The molecule has 2 saturated heterocycles. The van der Waals surface area contributed by atoms with Gasteiger partial charge in [-0.1, -0.05) is 6.42 Å². The Balaban J connectivity index is 1.71. The topological polar surface area (TPSA) is 35.6 Å². The van der Waals surface area contributed by atoms with Crippen molar-refractivity contribution >= 4 is 5.91 Å². The summed E-state index contributed by atoms with van der Waals surface area (Å²) in [4.78, 5) is 16.8. The standard InChI is InChI=1S/C15H29N3O/c1-13-7-3-4-9-17(13)11-6-12-18-10-5-8-14(16-2)15(18)19/h13-14,16H,3-12H2,1-2H3. The summed E-state index contributed by atoms with van der Waals surface area (Å²) in [5.41, 5.74) is 0. The molecule has 0 aromatic rings. The summed E-state index contributed by atoms with van der Waals surface area (Å²) in [6, 6.07) is 0.790. The van der Waals surface area contributed by atoms with Gasteiger partial charge in [-0.05, 0) is 52.6 Å². The SMILES string of the molecule is CNC1CCCN(CCCN2CCCCC2C)C1=O. The van der Waals surface area contributed by atoms with Gasteiger partial charge in [-0.2, -0.15) is 0 Å². The minimum Gasteiger partial charge on any atom is -0.341 e. The summed E-state index contributed by atoms with van der Waals surface area (Å²) in [6.45, 7) is 6.61. The lowest BCUT2D eigenvalue weighted by Crippen LogP contribution is -2.50. The average molecular weight is 267 g/mol. The molecule has 2 fully saturated rings. The van der Waals surface area contributed by atoms with Crippen LogP contribution in [-0.2, 0) is 4.79 Å². The Morgan fingerprint density at radius 1 is 1.16 bits per heavy atom. The predicted molar refractivity (Wildman–Crippen MR) is 78.2 cm³/mol. The van der Waals surface area contributed by atoms with E-state index in [1.54, 1.807) is 0 Å². The molecule has 1 N–H and O–H groups in total. The third-order valence-electron chi connectivity index (χ3n) is 4.69. The molecule has 2 aliphatic heterocycles. The second-order valence-corrected chi connectivity index (χ2v) is 6.04. The average Bonchev–Trinajstić information content (AvgIpc) is 2.43. The van der Waals surface area contributed by atoms with E-state index in [1.165, 1.54) is 25.8 Å². The first kappa shape index (κ1) is 14.8. The number of likely N-dealkylation sites (tertiary alicyclic amines) is 2. The van der Waals surface area contributed by atoms with Crippen LogP contribution in [0.15, 0.2) is 0 Å². The molecule has 4 heteroatoms. The first-order valence-corrected chi connectivity index (χ1v) is 7.92. The van der Waals surface area contributed by atoms with Gasteiger partial charge in [0.1, 0.15) is 0 Å². The summed E-state index contributed by atoms with van der Waals surface area (Å²) >= 11 is 0. The lowest BCUT2D eigenvalue weighted by Gasteiger charge is -2.35. The molecule has 4 nitrogen and oxygen atoms in total. The van der Waals surface area contributed by atoms with Crippen molar-refractivity contribution in [1.82, 2.24) is 15.1 Å². The number of nitrogens with one attached hydrogen (secondary N) is 1. The van der Waals surface area contributed by atoms with E-state index >= 15 is 0 Å². The number of hydrogen-bond acceptors (Lipinski definition) is 3. The van der Waals surface area contributed by atoms with E-state index in [0.29, 0.717) is 5.91 Å². The van der Waals surface area contributed by atoms with Gasteiger partial charge in [0.05, 0.1) is 6.04 Å². The molecule has 0 saturated carbocycles. The second-order valence-electron chi connectivity index (χ2n) is 6.04. The number of hydrogen-bond donors (Lipinski definition) is 1. The van der Waals surface area contributed by atoms with Crippen LogP contribution in [0.25, 0.3) is 0 Å². The summed E-state index contributed by atoms with van der Waals surface area (Å²) in [6.07, 6.45) is 7.31. The van der Waals surface area contributed by atoms with E-state index in [-0.39, 0.29) is 6.04 Å². The smallest absolute Gasteiger partial charge is 0.239 e. The number of nitrogens with zero attached hydrogens (tertiary/aromatic N) is 2. The molecule has 19 heavy (non-hydrogen) atoms. The number of piperidine rings is 2. The molecule has 2 heterocycles. The van der Waals surface area contributed by atoms with Crippen LogP contribution in [0.1, 0.15) is 45.4 Å². The highest BCUT2D eigenvalue weighted by Gasteiger charge is 2.27. The number of rotatable bonds is 5. The van der Waals surface area contributed by atoms with E-state index in [1.807, 2.05) is 7.05 Å². The van der Waals surface area contributed by atoms with Gasteiger partial charge in [-0.15, -0.1) is 0 Å². The molecule has 0 aromatic carbocycles. The maximum absolute atomic E-state index is 12.2. The van der Waals surface area contributed by atoms with Crippen LogP contribution < -0.4 is 5.32 Å². The van der Waals surface area contributed by atoms with Gasteiger partial charge < -0.3 is 15.1 Å². The monoisotopic (exact) mass is 267 g/mol. The van der Waals surface area contributed by atoms with Crippen molar-refractivity contribution < 1.29 is 4.79 Å². The zero-order chi connectivity index (χ0) is 13.7. The summed E-state index contributed by atoms with van der Waals surface area (Å²) in [7, 11) is 1.89. The Kier molecular flexibility index (Phi) is 5.64. The zero-order valence-corrected chi connectivity index (χ0v) is 12.5. The highest BCUT2D eigenvalue weighted by molar-refractivity contribution is 5.82. The van der Waals surface area contributed by atoms with Crippen molar-refractivity contribution in [2.75, 3.05) is 33.2 Å². The summed E-state index contributed by atoms with van der Waals surface area (Å²) in [5, 5.41) is 3.13. The highest BCUT2D eigenvalue weighted by atomic mass is 16.2. The van der Waals surface area contributed by atoms with Gasteiger partial charge in [-0.3, -0.25) is 4.79 Å². The molecule has 0 aromatic heterocycles. The largest absolute Gasteiger partial charge is 0.341 e. The number of carbonyl (C=O) groups excluding carboxylic acids is 1. The summed E-state index contributed by atoms with van der Waals surface area (Å²) < 4.78 is 0. The van der Waals surface area contributed by atoms with E-state index in [4.69, 9.17) is 0 Å². The van der Waals surface area contributed by atoms with Gasteiger partial charge in [0.25, 0.3) is 0 Å². The van der Waals surface area contributed by atoms with Gasteiger partial charge in [0.15, 0.2) is 0 Å². The Morgan fingerprint density at radius 2 is 2.00 bits per heavy atom. The fourth-order valence-corrected chi connectivity index (χ4v) is 3.38. The van der Waals surface area contributed by atoms with Crippen LogP contribution in [-0.4, -0.2) is 61.0 Å². The molecule has 2 rings (SSSR count). The van der Waals surface area contributed by atoms with Crippen molar-refractivity contribution in [3.63, 3.8) is 0 Å². The minimum atomic E-state index is 0.0580. The zero-order valence-electron chi connectivity index (χ0n) is 12.5. The van der Waals surface area contributed by atoms with Crippen molar-refractivity contribution in [1.29, 1.82) is 0 Å². The fraction of sp³-hybridized carbons (Fsp3) is 0.933. The molecule has 2 atom stereocenters.